The van der Waals surface area contributed by atoms with Gasteiger partial charge in [-0.25, -0.2) is 0 Å². The molecule has 3 heterocycles. The number of aliphatic imine (C=N–C) groups is 1. The molecule has 3 rings (SSSR count). The zero-order chi connectivity index (χ0) is 20.3. The largest absolute Gasteiger partial charge is 0.465 e. The molecule has 0 amide bonds. The van der Waals surface area contributed by atoms with Crippen molar-refractivity contribution in [2.45, 2.75) is 45.1 Å². The zero-order valence-electron chi connectivity index (χ0n) is 18.5. The molecule has 172 valence electrons. The van der Waals surface area contributed by atoms with Crippen LogP contribution in [0.3, 0.4) is 0 Å². The molecule has 1 aromatic heterocycles. The molecule has 1 atom stereocenters. The summed E-state index contributed by atoms with van der Waals surface area (Å²) in [5.41, 5.74) is 0. The molecule has 2 fully saturated rings. The monoisotopic (exact) mass is 534 g/mol. The molecule has 0 saturated carbocycles. The van der Waals surface area contributed by atoms with Gasteiger partial charge in [0.2, 0.25) is 0 Å². The highest BCUT2D eigenvalue weighted by atomic mass is 127. The highest BCUT2D eigenvalue weighted by molar-refractivity contribution is 14.0. The van der Waals surface area contributed by atoms with Gasteiger partial charge in [0.05, 0.1) is 6.04 Å². The minimum atomic E-state index is 0. The Morgan fingerprint density at radius 3 is 2.67 bits per heavy atom. The molecular weight excluding hydrogens is 495 g/mol. The summed E-state index contributed by atoms with van der Waals surface area (Å²) in [6, 6.07) is 4.39. The number of nitrogens with one attached hydrogen (secondary N) is 2. The summed E-state index contributed by atoms with van der Waals surface area (Å²) in [6.45, 7) is 9.29. The summed E-state index contributed by atoms with van der Waals surface area (Å²) in [5, 5.41) is 6.88. The molecule has 0 radical (unpaired) electrons. The highest BCUT2D eigenvalue weighted by Gasteiger charge is 2.26. The van der Waals surface area contributed by atoms with Crippen molar-refractivity contribution in [2.75, 3.05) is 59.7 Å². The number of nitrogens with zero attached hydrogens (tertiary/aromatic N) is 2. The predicted octanol–water partition coefficient (Wildman–Crippen LogP) is 3.34. The predicted molar refractivity (Wildman–Crippen MR) is 131 cm³/mol. The Kier molecular flexibility index (Phi) is 12.1. The third-order valence-corrected chi connectivity index (χ3v) is 5.81. The summed E-state index contributed by atoms with van der Waals surface area (Å²) >= 11 is 0. The van der Waals surface area contributed by atoms with Gasteiger partial charge in [0.25, 0.3) is 0 Å². The van der Waals surface area contributed by atoms with Crippen LogP contribution in [-0.4, -0.2) is 70.5 Å². The molecule has 2 saturated heterocycles. The Morgan fingerprint density at radius 1 is 1.23 bits per heavy atom. The van der Waals surface area contributed by atoms with E-state index in [1.165, 1.54) is 12.8 Å². The Morgan fingerprint density at radius 2 is 2.00 bits per heavy atom. The van der Waals surface area contributed by atoms with Crippen molar-refractivity contribution >= 4 is 29.9 Å². The van der Waals surface area contributed by atoms with Crippen molar-refractivity contribution in [3.8, 4) is 0 Å². The fraction of sp³-hybridized carbons (Fsp3) is 0.773. The fourth-order valence-corrected chi connectivity index (χ4v) is 4.05. The average molecular weight is 534 g/mol. The number of guanidine groups is 1. The number of hydrogen-bond acceptors (Lipinski definition) is 5. The number of furan rings is 1. The lowest BCUT2D eigenvalue weighted by atomic mass is 10.0. The van der Waals surface area contributed by atoms with Gasteiger partial charge in [0, 0.05) is 46.6 Å². The van der Waals surface area contributed by atoms with Crippen molar-refractivity contribution in [1.82, 2.24) is 15.5 Å². The second-order valence-electron chi connectivity index (χ2n) is 8.07. The van der Waals surface area contributed by atoms with Gasteiger partial charge in [-0.1, -0.05) is 0 Å². The third kappa shape index (κ3) is 8.36. The minimum Gasteiger partial charge on any atom is -0.465 e. The fourth-order valence-electron chi connectivity index (χ4n) is 4.05. The molecule has 1 unspecified atom stereocenters. The number of hydrogen-bond donors (Lipinski definition) is 2. The van der Waals surface area contributed by atoms with E-state index in [0.717, 1.165) is 89.3 Å². The number of rotatable bonds is 10. The molecule has 2 N–H and O–H groups in total. The maximum absolute atomic E-state index is 5.93. The maximum Gasteiger partial charge on any atom is 0.191 e. The van der Waals surface area contributed by atoms with E-state index >= 15 is 0 Å². The van der Waals surface area contributed by atoms with E-state index in [1.807, 2.05) is 20.0 Å². The van der Waals surface area contributed by atoms with E-state index < -0.39 is 0 Å². The van der Waals surface area contributed by atoms with Gasteiger partial charge in [0.1, 0.15) is 11.5 Å². The van der Waals surface area contributed by atoms with Crippen LogP contribution in [0.2, 0.25) is 0 Å². The number of ether oxygens (including phenoxy) is 2. The average Bonchev–Trinajstić information content (AvgIpc) is 3.42. The molecule has 1 aromatic rings. The van der Waals surface area contributed by atoms with Gasteiger partial charge in [-0.2, -0.15) is 0 Å². The summed E-state index contributed by atoms with van der Waals surface area (Å²) in [5.74, 6) is 3.50. The Bertz CT molecular complexity index is 613. The number of halogens is 1. The lowest BCUT2D eigenvalue weighted by Crippen LogP contribution is -2.43. The molecule has 7 nitrogen and oxygen atoms in total. The SMILES string of the molecule is CN=C(NCCCOCC1CCOCC1)NCC(c1ccc(C)o1)N1CCCC1.I. The first-order valence-corrected chi connectivity index (χ1v) is 11.2. The van der Waals surface area contributed by atoms with E-state index in [-0.39, 0.29) is 30.0 Å². The van der Waals surface area contributed by atoms with Crippen molar-refractivity contribution in [2.24, 2.45) is 10.9 Å². The quantitative estimate of drug-likeness (QED) is 0.208. The summed E-state index contributed by atoms with van der Waals surface area (Å²) < 4.78 is 17.2. The second kappa shape index (κ2) is 14.3. The molecule has 0 aliphatic carbocycles. The van der Waals surface area contributed by atoms with Crippen LogP contribution in [0.4, 0.5) is 0 Å². The van der Waals surface area contributed by atoms with E-state index in [2.05, 4.69) is 26.6 Å². The minimum absolute atomic E-state index is 0. The van der Waals surface area contributed by atoms with Gasteiger partial charge in [-0.05, 0) is 70.2 Å². The van der Waals surface area contributed by atoms with Crippen LogP contribution < -0.4 is 10.6 Å². The summed E-state index contributed by atoms with van der Waals surface area (Å²) in [7, 11) is 1.82. The molecular formula is C22H39IN4O3. The van der Waals surface area contributed by atoms with Crippen molar-refractivity contribution in [3.05, 3.63) is 23.7 Å². The van der Waals surface area contributed by atoms with Crippen LogP contribution in [0.25, 0.3) is 0 Å². The van der Waals surface area contributed by atoms with Crippen LogP contribution in [0.1, 0.15) is 49.7 Å². The van der Waals surface area contributed by atoms with E-state index in [4.69, 9.17) is 13.9 Å². The maximum atomic E-state index is 5.93. The van der Waals surface area contributed by atoms with E-state index in [9.17, 15) is 0 Å². The van der Waals surface area contributed by atoms with Crippen molar-refractivity contribution in [3.63, 3.8) is 0 Å². The van der Waals surface area contributed by atoms with Gasteiger partial charge < -0.3 is 24.5 Å². The first-order chi connectivity index (χ1) is 14.3. The Labute approximate surface area is 198 Å². The third-order valence-electron chi connectivity index (χ3n) is 5.81. The molecule has 0 spiro atoms. The van der Waals surface area contributed by atoms with Crippen LogP contribution in [0, 0.1) is 12.8 Å². The number of likely N-dealkylation sites (tertiary alicyclic amines) is 1. The van der Waals surface area contributed by atoms with Gasteiger partial charge in [-0.15, -0.1) is 24.0 Å². The van der Waals surface area contributed by atoms with Crippen LogP contribution >= 0.6 is 24.0 Å². The lowest BCUT2D eigenvalue weighted by Gasteiger charge is -2.26. The standard InChI is InChI=1S/C22H38N4O3.HI/c1-18-6-7-21(29-18)20(26-11-3-4-12-26)16-25-22(23-2)24-10-5-13-28-17-19-8-14-27-15-9-19;/h6-7,19-20H,3-5,8-17H2,1-2H3,(H2,23,24,25);1H. The molecule has 30 heavy (non-hydrogen) atoms. The Balaban J connectivity index is 0.00000320. The van der Waals surface area contributed by atoms with E-state index in [0.29, 0.717) is 5.92 Å². The molecule has 0 bridgehead atoms. The van der Waals surface area contributed by atoms with E-state index in [1.54, 1.807) is 0 Å². The van der Waals surface area contributed by atoms with Crippen LogP contribution in [0.5, 0.6) is 0 Å². The van der Waals surface area contributed by atoms with Gasteiger partial charge >= 0.3 is 0 Å². The van der Waals surface area contributed by atoms with Gasteiger partial charge in [0.15, 0.2) is 5.96 Å². The topological polar surface area (TPSA) is 71.3 Å². The van der Waals surface area contributed by atoms with Crippen LogP contribution in [0.15, 0.2) is 21.5 Å². The van der Waals surface area contributed by atoms with Crippen LogP contribution in [-0.2, 0) is 9.47 Å². The highest BCUT2D eigenvalue weighted by Crippen LogP contribution is 2.26. The van der Waals surface area contributed by atoms with Crippen molar-refractivity contribution in [1.29, 1.82) is 0 Å². The zero-order valence-corrected chi connectivity index (χ0v) is 20.9. The molecule has 8 heteroatoms. The first kappa shape index (κ1) is 25.4. The second-order valence-corrected chi connectivity index (χ2v) is 8.07. The first-order valence-electron chi connectivity index (χ1n) is 11.2. The smallest absolute Gasteiger partial charge is 0.191 e. The normalized spacial score (nSPS) is 19.5. The number of aryl methyl sites for hydroxylation is 1. The van der Waals surface area contributed by atoms with Gasteiger partial charge in [-0.3, -0.25) is 9.89 Å². The Hall–Kier alpha value is -0.840. The lowest BCUT2D eigenvalue weighted by molar-refractivity contribution is 0.0203. The summed E-state index contributed by atoms with van der Waals surface area (Å²) in [6.07, 6.45) is 5.75. The molecule has 0 aromatic carbocycles. The molecule has 2 aliphatic rings. The molecule has 2 aliphatic heterocycles. The summed E-state index contributed by atoms with van der Waals surface area (Å²) in [4.78, 5) is 6.87. The van der Waals surface area contributed by atoms with Crippen molar-refractivity contribution < 1.29 is 13.9 Å².